The van der Waals surface area contributed by atoms with Crippen LogP contribution in [0.4, 0.5) is 0 Å². The molecule has 160 valence electrons. The van der Waals surface area contributed by atoms with Crippen molar-refractivity contribution in [3.8, 4) is 5.75 Å². The van der Waals surface area contributed by atoms with Crippen LogP contribution in [0, 0.1) is 0 Å². The number of aromatic nitrogens is 1. The number of hydrogen-bond donors (Lipinski definition) is 3. The van der Waals surface area contributed by atoms with Crippen LogP contribution in [-0.2, 0) is 22.7 Å². The lowest BCUT2D eigenvalue weighted by molar-refractivity contribution is -0.166. The van der Waals surface area contributed by atoms with Gasteiger partial charge in [0.2, 0.25) is 0 Å². The first-order valence-electron chi connectivity index (χ1n) is 9.41. The smallest absolute Gasteiger partial charge is 0.255 e. The number of nitrogens with one attached hydrogen (secondary N) is 1. The molecule has 0 bridgehead atoms. The van der Waals surface area contributed by atoms with E-state index in [4.69, 9.17) is 4.74 Å². The monoisotopic (exact) mass is 477 g/mol. The second-order valence-electron chi connectivity index (χ2n) is 7.44. The van der Waals surface area contributed by atoms with Crippen molar-refractivity contribution in [2.75, 3.05) is 7.11 Å². The van der Waals surface area contributed by atoms with Gasteiger partial charge in [-0.2, -0.15) is 0 Å². The van der Waals surface area contributed by atoms with E-state index in [1.54, 1.807) is 37.4 Å². The quantitative estimate of drug-likeness (QED) is 0.583. The minimum Gasteiger partial charge on any atom is -0.496 e. The van der Waals surface area contributed by atoms with Gasteiger partial charge < -0.3 is 25.2 Å². The molecule has 0 aliphatic carbocycles. The highest BCUT2D eigenvalue weighted by molar-refractivity contribution is 9.10. The number of hydrogen-bond acceptors (Lipinski definition) is 6. The zero-order valence-electron chi connectivity index (χ0n) is 16.9. The summed E-state index contributed by atoms with van der Waals surface area (Å²) in [4.78, 5) is 31.0. The van der Waals surface area contributed by atoms with Crippen molar-refractivity contribution in [2.24, 2.45) is 0 Å². The number of aliphatic hydroxyl groups is 2. The van der Waals surface area contributed by atoms with Gasteiger partial charge in [0.15, 0.2) is 11.7 Å². The summed E-state index contributed by atoms with van der Waals surface area (Å²) in [6.45, 7) is 3.35. The molecule has 9 heteroatoms. The minimum atomic E-state index is -2.31. The molecule has 0 radical (unpaired) electrons. The van der Waals surface area contributed by atoms with Gasteiger partial charge in [0.25, 0.3) is 11.8 Å². The Morgan fingerprint density at radius 3 is 2.73 bits per heavy atom. The Hall–Kier alpha value is -2.49. The number of amides is 2. The lowest BCUT2D eigenvalue weighted by atomic mass is 9.95. The number of fused-ring (bicyclic) bond motifs is 1. The second-order valence-corrected chi connectivity index (χ2v) is 8.30. The summed E-state index contributed by atoms with van der Waals surface area (Å²) in [5, 5.41) is 23.8. The molecule has 0 saturated carbocycles. The van der Waals surface area contributed by atoms with E-state index in [2.05, 4.69) is 26.2 Å². The van der Waals surface area contributed by atoms with Crippen LogP contribution < -0.4 is 10.1 Å². The number of carbonyl (C=O) groups is 2. The zero-order valence-corrected chi connectivity index (χ0v) is 18.5. The van der Waals surface area contributed by atoms with Gasteiger partial charge in [-0.1, -0.05) is 12.1 Å². The van der Waals surface area contributed by atoms with E-state index >= 15 is 0 Å². The highest BCUT2D eigenvalue weighted by atomic mass is 79.9. The molecule has 2 aromatic rings. The third kappa shape index (κ3) is 4.33. The molecule has 8 nitrogen and oxygen atoms in total. The maximum absolute atomic E-state index is 12.7. The highest BCUT2D eigenvalue weighted by Gasteiger charge is 2.45. The van der Waals surface area contributed by atoms with Crippen molar-refractivity contribution in [2.45, 2.75) is 44.7 Å². The summed E-state index contributed by atoms with van der Waals surface area (Å²) in [6, 6.07) is 8.45. The predicted molar refractivity (Wildman–Crippen MR) is 112 cm³/mol. The molecule has 2 amide bonds. The van der Waals surface area contributed by atoms with Crippen LogP contribution in [0.5, 0.6) is 5.75 Å². The average Bonchev–Trinajstić information content (AvgIpc) is 3.17. The molecule has 0 fully saturated rings. The van der Waals surface area contributed by atoms with E-state index in [0.717, 1.165) is 28.2 Å². The first-order valence-corrected chi connectivity index (χ1v) is 10.2. The van der Waals surface area contributed by atoms with Crippen molar-refractivity contribution in [1.29, 1.82) is 0 Å². The molecule has 0 saturated heterocycles. The van der Waals surface area contributed by atoms with E-state index in [-0.39, 0.29) is 13.1 Å². The van der Waals surface area contributed by atoms with Gasteiger partial charge in [0.1, 0.15) is 5.75 Å². The van der Waals surface area contributed by atoms with Crippen LogP contribution in [0.15, 0.2) is 41.0 Å². The fourth-order valence-electron chi connectivity index (χ4n) is 3.27. The van der Waals surface area contributed by atoms with Gasteiger partial charge in [0, 0.05) is 12.7 Å². The Bertz CT molecular complexity index is 940. The Labute approximate surface area is 183 Å². The molecule has 1 aliphatic heterocycles. The maximum Gasteiger partial charge on any atom is 0.255 e. The first-order chi connectivity index (χ1) is 14.1. The van der Waals surface area contributed by atoms with Crippen molar-refractivity contribution in [1.82, 2.24) is 15.2 Å². The lowest BCUT2D eigenvalue weighted by Crippen LogP contribution is -2.58. The van der Waals surface area contributed by atoms with E-state index in [9.17, 15) is 19.8 Å². The molecule has 3 N–H and O–H groups in total. The van der Waals surface area contributed by atoms with E-state index in [0.29, 0.717) is 5.75 Å². The van der Waals surface area contributed by atoms with E-state index in [1.165, 1.54) is 12.0 Å². The van der Waals surface area contributed by atoms with Crippen molar-refractivity contribution in [3.63, 3.8) is 0 Å². The van der Waals surface area contributed by atoms with Crippen molar-refractivity contribution < 1.29 is 24.5 Å². The van der Waals surface area contributed by atoms with Gasteiger partial charge in [-0.15, -0.1) is 0 Å². The average molecular weight is 478 g/mol. The second kappa shape index (κ2) is 8.71. The number of methoxy groups -OCH3 is 1. The van der Waals surface area contributed by atoms with Crippen molar-refractivity contribution in [3.05, 3.63) is 57.8 Å². The molecule has 1 aromatic carbocycles. The van der Waals surface area contributed by atoms with Gasteiger partial charge in [-0.25, -0.2) is 0 Å². The summed E-state index contributed by atoms with van der Waals surface area (Å²) in [5.74, 6) is -0.989. The van der Waals surface area contributed by atoms with Crippen LogP contribution in [0.25, 0.3) is 0 Å². The number of aliphatic hydroxyl groups excluding tert-OH is 1. The fraction of sp³-hybridized carbons (Fsp3) is 0.381. The van der Waals surface area contributed by atoms with Crippen LogP contribution >= 0.6 is 15.9 Å². The third-order valence-electron chi connectivity index (χ3n) is 5.25. The highest BCUT2D eigenvalue weighted by Crippen LogP contribution is 2.29. The molecule has 1 aromatic heterocycles. The Kier molecular flexibility index (Phi) is 6.44. The van der Waals surface area contributed by atoms with E-state index in [1.807, 2.05) is 6.07 Å². The fourth-order valence-corrected chi connectivity index (χ4v) is 3.67. The number of nitrogens with zero attached hydrogens (tertiary/aromatic N) is 2. The normalized spacial score (nSPS) is 16.9. The first kappa shape index (κ1) is 22.2. The number of rotatable bonds is 6. The molecule has 3 atom stereocenters. The Morgan fingerprint density at radius 2 is 2.07 bits per heavy atom. The Morgan fingerprint density at radius 1 is 1.33 bits per heavy atom. The number of benzene rings is 1. The third-order valence-corrected chi connectivity index (χ3v) is 5.90. The standard InChI is InChI=1S/C21H24BrN3O5/c1-12(13-6-7-15(22)17(9-13)30-3)24-20(28)21(2,29)18(26)19(27)25-10-14-5-4-8-23-16(14)11-25/h4-9,12,18,26,29H,10-11H2,1-3H3,(H,24,28)/t12?,18?,21-/m0/s1. The molecule has 0 spiro atoms. The molecule has 1 aliphatic rings. The van der Waals surface area contributed by atoms with Crippen LogP contribution in [0.1, 0.15) is 36.7 Å². The van der Waals surface area contributed by atoms with E-state index < -0.39 is 29.6 Å². The molecule has 30 heavy (non-hydrogen) atoms. The molecular weight excluding hydrogens is 454 g/mol. The predicted octanol–water partition coefficient (Wildman–Crippen LogP) is 1.68. The number of halogens is 1. The molecule has 3 rings (SSSR count). The number of carbonyl (C=O) groups excluding carboxylic acids is 2. The molecular formula is C21H24BrN3O5. The number of ether oxygens (including phenoxy) is 1. The summed E-state index contributed by atoms with van der Waals surface area (Å²) in [6.07, 6.45) is -0.288. The lowest BCUT2D eigenvalue weighted by Gasteiger charge is -2.31. The summed E-state index contributed by atoms with van der Waals surface area (Å²) in [5.41, 5.74) is 0.0356. The van der Waals surface area contributed by atoms with Gasteiger partial charge in [0.05, 0.1) is 29.9 Å². The maximum atomic E-state index is 12.7. The van der Waals surface area contributed by atoms with Crippen LogP contribution in [0.2, 0.25) is 0 Å². The summed E-state index contributed by atoms with van der Waals surface area (Å²) < 4.78 is 6.02. The van der Waals surface area contributed by atoms with Crippen LogP contribution in [0.3, 0.4) is 0 Å². The molecule has 2 heterocycles. The molecule has 2 unspecified atom stereocenters. The largest absolute Gasteiger partial charge is 0.496 e. The van der Waals surface area contributed by atoms with Crippen molar-refractivity contribution >= 4 is 27.7 Å². The zero-order chi connectivity index (χ0) is 22.1. The Balaban J connectivity index is 1.68. The summed E-state index contributed by atoms with van der Waals surface area (Å²) >= 11 is 3.37. The van der Waals surface area contributed by atoms with Gasteiger partial charge in [-0.3, -0.25) is 14.6 Å². The van der Waals surface area contributed by atoms with Gasteiger partial charge >= 0.3 is 0 Å². The topological polar surface area (TPSA) is 112 Å². The SMILES string of the molecule is COc1cc(C(C)NC(=O)[C@@](C)(O)C(O)C(=O)N2Cc3cccnc3C2)ccc1Br. The number of pyridine rings is 1. The summed E-state index contributed by atoms with van der Waals surface area (Å²) in [7, 11) is 1.53. The minimum absolute atomic E-state index is 0.221. The van der Waals surface area contributed by atoms with Crippen LogP contribution in [-0.4, -0.2) is 50.7 Å². The van der Waals surface area contributed by atoms with Gasteiger partial charge in [-0.05, 0) is 59.1 Å².